The van der Waals surface area contributed by atoms with Gasteiger partial charge in [0.15, 0.2) is 0 Å². The number of nitrogens with zero attached hydrogens (tertiary/aromatic N) is 2. The van der Waals surface area contributed by atoms with E-state index < -0.39 is 0 Å². The van der Waals surface area contributed by atoms with Gasteiger partial charge in [0, 0.05) is 17.6 Å². The van der Waals surface area contributed by atoms with Crippen LogP contribution in [0.2, 0.25) is 5.02 Å². The number of likely N-dealkylation sites (tertiary alicyclic amines) is 1. The van der Waals surface area contributed by atoms with Gasteiger partial charge in [-0.2, -0.15) is 5.26 Å². The highest BCUT2D eigenvalue weighted by atomic mass is 35.5. The number of nitriles is 1. The molecule has 19 heavy (non-hydrogen) atoms. The van der Waals surface area contributed by atoms with Crippen LogP contribution in [0.5, 0.6) is 0 Å². The summed E-state index contributed by atoms with van der Waals surface area (Å²) in [6, 6.07) is 7.92. The topological polar surface area (TPSA) is 39.1 Å². The molecule has 1 aliphatic heterocycles. The van der Waals surface area contributed by atoms with Crippen molar-refractivity contribution in [1.82, 2.24) is 4.90 Å². The van der Waals surface area contributed by atoms with Crippen LogP contribution < -0.4 is 5.32 Å². The van der Waals surface area contributed by atoms with Gasteiger partial charge in [-0.15, -0.1) is 0 Å². The number of anilines is 1. The number of rotatable bonds is 4. The molecule has 0 aliphatic carbocycles. The van der Waals surface area contributed by atoms with E-state index in [-0.39, 0.29) is 0 Å². The number of piperidine rings is 1. The monoisotopic (exact) mass is 277 g/mol. The van der Waals surface area contributed by atoms with Gasteiger partial charge < -0.3 is 10.2 Å². The summed E-state index contributed by atoms with van der Waals surface area (Å²) in [6.07, 6.45) is 3.96. The zero-order valence-corrected chi connectivity index (χ0v) is 12.1. The molecule has 0 bridgehead atoms. The third kappa shape index (κ3) is 4.12. The van der Waals surface area contributed by atoms with Gasteiger partial charge in [-0.05, 0) is 51.1 Å². The molecule has 1 aromatic rings. The quantitative estimate of drug-likeness (QED) is 0.916. The highest BCUT2D eigenvalue weighted by Gasteiger charge is 2.14. The summed E-state index contributed by atoms with van der Waals surface area (Å²) in [7, 11) is 0. The summed E-state index contributed by atoms with van der Waals surface area (Å²) in [5.74, 6) is 0. The standard InChI is InChI=1S/C15H20ClN3/c1-12(11-19-7-3-2-4-8-19)18-15-6-5-14(16)9-13(15)10-17/h5-6,9,12,18H,2-4,7-8,11H2,1H3. The Kier molecular flexibility index (Phi) is 5.07. The van der Waals surface area contributed by atoms with Crippen molar-refractivity contribution in [3.8, 4) is 6.07 Å². The van der Waals surface area contributed by atoms with Gasteiger partial charge in [0.2, 0.25) is 0 Å². The van der Waals surface area contributed by atoms with Crippen LogP contribution in [0.15, 0.2) is 18.2 Å². The van der Waals surface area contributed by atoms with E-state index in [9.17, 15) is 0 Å². The van der Waals surface area contributed by atoms with E-state index in [2.05, 4.69) is 23.2 Å². The minimum absolute atomic E-state index is 0.325. The van der Waals surface area contributed by atoms with Crippen molar-refractivity contribution in [1.29, 1.82) is 5.26 Å². The van der Waals surface area contributed by atoms with Crippen LogP contribution in [0.25, 0.3) is 0 Å². The van der Waals surface area contributed by atoms with Crippen LogP contribution in [0.3, 0.4) is 0 Å². The van der Waals surface area contributed by atoms with Crippen LogP contribution >= 0.6 is 11.6 Å². The SMILES string of the molecule is CC(CN1CCCCC1)Nc1ccc(Cl)cc1C#N. The van der Waals surface area contributed by atoms with E-state index in [4.69, 9.17) is 16.9 Å². The molecule has 1 fully saturated rings. The molecule has 1 N–H and O–H groups in total. The van der Waals surface area contributed by atoms with Crippen molar-refractivity contribution >= 4 is 17.3 Å². The average molecular weight is 278 g/mol. The van der Waals surface area contributed by atoms with E-state index in [1.54, 1.807) is 6.07 Å². The van der Waals surface area contributed by atoms with Crippen molar-refractivity contribution in [2.75, 3.05) is 25.0 Å². The summed E-state index contributed by atoms with van der Waals surface area (Å²) in [5.41, 5.74) is 1.48. The highest BCUT2D eigenvalue weighted by Crippen LogP contribution is 2.21. The number of hydrogen-bond donors (Lipinski definition) is 1. The Morgan fingerprint density at radius 2 is 2.11 bits per heavy atom. The minimum Gasteiger partial charge on any atom is -0.380 e. The third-order valence-electron chi connectivity index (χ3n) is 3.48. The zero-order chi connectivity index (χ0) is 13.7. The minimum atomic E-state index is 0.325. The van der Waals surface area contributed by atoms with E-state index in [1.165, 1.54) is 32.4 Å². The summed E-state index contributed by atoms with van der Waals surface area (Å²) < 4.78 is 0. The maximum Gasteiger partial charge on any atom is 0.101 e. The molecule has 1 aliphatic rings. The second-order valence-electron chi connectivity index (χ2n) is 5.21. The zero-order valence-electron chi connectivity index (χ0n) is 11.3. The van der Waals surface area contributed by atoms with E-state index in [1.807, 2.05) is 12.1 Å². The van der Waals surface area contributed by atoms with Gasteiger partial charge in [-0.25, -0.2) is 0 Å². The van der Waals surface area contributed by atoms with Gasteiger partial charge in [0.25, 0.3) is 0 Å². The van der Waals surface area contributed by atoms with Crippen LogP contribution in [-0.2, 0) is 0 Å². The van der Waals surface area contributed by atoms with Crippen molar-refractivity contribution in [2.24, 2.45) is 0 Å². The first-order valence-electron chi connectivity index (χ1n) is 6.87. The first kappa shape index (κ1) is 14.2. The summed E-state index contributed by atoms with van der Waals surface area (Å²) in [6.45, 7) is 5.56. The van der Waals surface area contributed by atoms with Gasteiger partial charge >= 0.3 is 0 Å². The van der Waals surface area contributed by atoms with Crippen LogP contribution in [-0.4, -0.2) is 30.6 Å². The predicted molar refractivity (Wildman–Crippen MR) is 79.5 cm³/mol. The molecule has 0 radical (unpaired) electrons. The van der Waals surface area contributed by atoms with Gasteiger partial charge in [0.05, 0.1) is 11.3 Å². The molecule has 1 saturated heterocycles. The lowest BCUT2D eigenvalue weighted by atomic mass is 10.1. The third-order valence-corrected chi connectivity index (χ3v) is 3.72. The lowest BCUT2D eigenvalue weighted by Crippen LogP contribution is -2.38. The molecule has 1 aromatic carbocycles. The molecule has 1 atom stereocenters. The molecule has 102 valence electrons. The molecule has 0 spiro atoms. The Morgan fingerprint density at radius 3 is 2.79 bits per heavy atom. The highest BCUT2D eigenvalue weighted by molar-refractivity contribution is 6.30. The first-order chi connectivity index (χ1) is 9.19. The predicted octanol–water partition coefficient (Wildman–Crippen LogP) is 3.50. The van der Waals surface area contributed by atoms with E-state index in [0.29, 0.717) is 16.6 Å². The molecule has 1 heterocycles. The van der Waals surface area contributed by atoms with E-state index in [0.717, 1.165) is 12.2 Å². The molecule has 4 heteroatoms. The Morgan fingerprint density at radius 1 is 1.37 bits per heavy atom. The fourth-order valence-corrected chi connectivity index (χ4v) is 2.75. The molecule has 1 unspecified atom stereocenters. The molecule has 0 aromatic heterocycles. The second-order valence-corrected chi connectivity index (χ2v) is 5.64. The fourth-order valence-electron chi connectivity index (χ4n) is 2.58. The van der Waals surface area contributed by atoms with Crippen molar-refractivity contribution in [3.63, 3.8) is 0 Å². The molecule has 0 saturated carbocycles. The Labute approximate surface area is 120 Å². The fraction of sp³-hybridized carbons (Fsp3) is 0.533. The molecule has 0 amide bonds. The average Bonchev–Trinajstić information content (AvgIpc) is 2.42. The molecule has 2 rings (SSSR count). The lowest BCUT2D eigenvalue weighted by Gasteiger charge is -2.29. The van der Waals surface area contributed by atoms with Crippen molar-refractivity contribution < 1.29 is 0 Å². The maximum atomic E-state index is 9.12. The van der Waals surface area contributed by atoms with Crippen LogP contribution in [0, 0.1) is 11.3 Å². The first-order valence-corrected chi connectivity index (χ1v) is 7.25. The van der Waals surface area contributed by atoms with Gasteiger partial charge in [0.1, 0.15) is 6.07 Å². The largest absolute Gasteiger partial charge is 0.380 e. The van der Waals surface area contributed by atoms with Gasteiger partial charge in [-0.3, -0.25) is 0 Å². The summed E-state index contributed by atoms with van der Waals surface area (Å²) in [5, 5.41) is 13.1. The summed E-state index contributed by atoms with van der Waals surface area (Å²) >= 11 is 5.90. The van der Waals surface area contributed by atoms with Gasteiger partial charge in [-0.1, -0.05) is 18.0 Å². The molecule has 3 nitrogen and oxygen atoms in total. The Hall–Kier alpha value is -1.24. The second kappa shape index (κ2) is 6.79. The van der Waals surface area contributed by atoms with Crippen molar-refractivity contribution in [3.05, 3.63) is 28.8 Å². The number of hydrogen-bond acceptors (Lipinski definition) is 3. The molecular weight excluding hydrogens is 258 g/mol. The Balaban J connectivity index is 1.94. The normalized spacial score (nSPS) is 17.7. The van der Waals surface area contributed by atoms with Crippen molar-refractivity contribution in [2.45, 2.75) is 32.2 Å². The van der Waals surface area contributed by atoms with Crippen LogP contribution in [0.4, 0.5) is 5.69 Å². The smallest absolute Gasteiger partial charge is 0.101 e. The molecular formula is C15H20ClN3. The number of benzene rings is 1. The van der Waals surface area contributed by atoms with Crippen LogP contribution in [0.1, 0.15) is 31.7 Å². The maximum absolute atomic E-state index is 9.12. The Bertz CT molecular complexity index is 461. The summed E-state index contributed by atoms with van der Waals surface area (Å²) in [4.78, 5) is 2.49. The number of nitrogens with one attached hydrogen (secondary N) is 1. The lowest BCUT2D eigenvalue weighted by molar-refractivity contribution is 0.223. The number of halogens is 1. The van der Waals surface area contributed by atoms with E-state index >= 15 is 0 Å².